The van der Waals surface area contributed by atoms with E-state index in [0.29, 0.717) is 5.92 Å². The van der Waals surface area contributed by atoms with E-state index in [0.717, 1.165) is 24.3 Å². The standard InChI is InChI=1S/C15H19F3/c1-2-11-3-5-12(6-4-11)13-7-9-14(10-8-13)15(16,17)18/h7-12H,2-6H2,1H3. The Morgan fingerprint density at radius 2 is 1.56 bits per heavy atom. The predicted molar refractivity (Wildman–Crippen MR) is 66.4 cm³/mol. The van der Waals surface area contributed by atoms with E-state index in [-0.39, 0.29) is 0 Å². The molecule has 0 aromatic heterocycles. The van der Waals surface area contributed by atoms with Crippen LogP contribution in [0.15, 0.2) is 24.3 Å². The van der Waals surface area contributed by atoms with Crippen LogP contribution in [0.5, 0.6) is 0 Å². The van der Waals surface area contributed by atoms with Gasteiger partial charge >= 0.3 is 6.18 Å². The maximum absolute atomic E-state index is 12.5. The summed E-state index contributed by atoms with van der Waals surface area (Å²) in [5.41, 5.74) is 0.519. The van der Waals surface area contributed by atoms with Crippen molar-refractivity contribution in [2.24, 2.45) is 5.92 Å². The number of hydrogen-bond acceptors (Lipinski definition) is 0. The van der Waals surface area contributed by atoms with Crippen molar-refractivity contribution in [2.75, 3.05) is 0 Å². The Balaban J connectivity index is 2.02. The minimum absolute atomic E-state index is 0.454. The van der Waals surface area contributed by atoms with E-state index in [4.69, 9.17) is 0 Å². The molecule has 1 fully saturated rings. The third-order valence-corrected chi connectivity index (χ3v) is 4.13. The summed E-state index contributed by atoms with van der Waals surface area (Å²) < 4.78 is 37.4. The Bertz CT molecular complexity index is 370. The summed E-state index contributed by atoms with van der Waals surface area (Å²) >= 11 is 0. The molecule has 1 saturated carbocycles. The lowest BCUT2D eigenvalue weighted by molar-refractivity contribution is -0.137. The van der Waals surface area contributed by atoms with Crippen LogP contribution < -0.4 is 0 Å². The molecule has 100 valence electrons. The zero-order valence-electron chi connectivity index (χ0n) is 10.6. The minimum Gasteiger partial charge on any atom is -0.166 e. The highest BCUT2D eigenvalue weighted by Crippen LogP contribution is 2.38. The molecule has 0 N–H and O–H groups in total. The van der Waals surface area contributed by atoms with E-state index >= 15 is 0 Å². The first-order chi connectivity index (χ1) is 8.50. The van der Waals surface area contributed by atoms with Gasteiger partial charge in [-0.05, 0) is 55.2 Å². The monoisotopic (exact) mass is 256 g/mol. The van der Waals surface area contributed by atoms with Gasteiger partial charge in [0.05, 0.1) is 5.56 Å². The molecule has 0 radical (unpaired) electrons. The first-order valence-corrected chi connectivity index (χ1v) is 6.68. The number of benzene rings is 1. The molecular weight excluding hydrogens is 237 g/mol. The van der Waals surface area contributed by atoms with Crippen LogP contribution in [-0.4, -0.2) is 0 Å². The van der Waals surface area contributed by atoms with Crippen LogP contribution in [0, 0.1) is 5.92 Å². The molecule has 3 heteroatoms. The molecule has 0 unspecified atom stereocenters. The van der Waals surface area contributed by atoms with Crippen LogP contribution in [0.2, 0.25) is 0 Å². The lowest BCUT2D eigenvalue weighted by atomic mass is 9.78. The highest BCUT2D eigenvalue weighted by atomic mass is 19.4. The van der Waals surface area contributed by atoms with Gasteiger partial charge in [-0.3, -0.25) is 0 Å². The van der Waals surface area contributed by atoms with Crippen LogP contribution >= 0.6 is 0 Å². The van der Waals surface area contributed by atoms with Crippen LogP contribution in [-0.2, 0) is 6.18 Å². The molecule has 0 heterocycles. The largest absolute Gasteiger partial charge is 0.416 e. The second-order valence-electron chi connectivity index (χ2n) is 5.25. The van der Waals surface area contributed by atoms with Crippen molar-refractivity contribution in [3.63, 3.8) is 0 Å². The van der Waals surface area contributed by atoms with E-state index in [1.165, 1.54) is 31.4 Å². The van der Waals surface area contributed by atoms with E-state index < -0.39 is 11.7 Å². The maximum Gasteiger partial charge on any atom is 0.416 e. The third-order valence-electron chi connectivity index (χ3n) is 4.13. The minimum atomic E-state index is -4.22. The lowest BCUT2D eigenvalue weighted by Crippen LogP contribution is -2.13. The summed E-state index contributed by atoms with van der Waals surface area (Å²) in [7, 11) is 0. The molecule has 1 aromatic rings. The SMILES string of the molecule is CCC1CCC(c2ccc(C(F)(F)F)cc2)CC1. The smallest absolute Gasteiger partial charge is 0.166 e. The summed E-state index contributed by atoms with van der Waals surface area (Å²) in [5.74, 6) is 1.27. The van der Waals surface area contributed by atoms with Crippen molar-refractivity contribution in [3.05, 3.63) is 35.4 Å². The fraction of sp³-hybridized carbons (Fsp3) is 0.600. The topological polar surface area (TPSA) is 0 Å². The van der Waals surface area contributed by atoms with Crippen LogP contribution in [0.25, 0.3) is 0 Å². The van der Waals surface area contributed by atoms with Crippen molar-refractivity contribution < 1.29 is 13.2 Å². The highest BCUT2D eigenvalue weighted by molar-refractivity contribution is 5.27. The fourth-order valence-electron chi connectivity index (χ4n) is 2.85. The zero-order chi connectivity index (χ0) is 13.2. The van der Waals surface area contributed by atoms with Gasteiger partial charge in [-0.1, -0.05) is 25.5 Å². The van der Waals surface area contributed by atoms with Gasteiger partial charge < -0.3 is 0 Å². The predicted octanol–water partition coefficient (Wildman–Crippen LogP) is 5.39. The van der Waals surface area contributed by atoms with Gasteiger partial charge in [0.25, 0.3) is 0 Å². The van der Waals surface area contributed by atoms with E-state index in [1.54, 1.807) is 12.1 Å². The van der Waals surface area contributed by atoms with Crippen molar-refractivity contribution >= 4 is 0 Å². The molecular formula is C15H19F3. The van der Waals surface area contributed by atoms with Crippen molar-refractivity contribution in [2.45, 2.75) is 51.1 Å². The second kappa shape index (κ2) is 5.33. The molecule has 0 amide bonds. The summed E-state index contributed by atoms with van der Waals surface area (Å²) in [6, 6.07) is 5.72. The highest BCUT2D eigenvalue weighted by Gasteiger charge is 2.30. The Labute approximate surface area is 106 Å². The van der Waals surface area contributed by atoms with Crippen LogP contribution in [0.1, 0.15) is 56.1 Å². The van der Waals surface area contributed by atoms with Gasteiger partial charge in [0.15, 0.2) is 0 Å². The molecule has 1 aliphatic rings. The first-order valence-electron chi connectivity index (χ1n) is 6.68. The summed E-state index contributed by atoms with van der Waals surface area (Å²) in [6.45, 7) is 2.21. The van der Waals surface area contributed by atoms with Crippen molar-refractivity contribution in [3.8, 4) is 0 Å². The Hall–Kier alpha value is -0.990. The summed E-state index contributed by atoms with van der Waals surface area (Å²) in [5, 5.41) is 0. The van der Waals surface area contributed by atoms with Crippen molar-refractivity contribution in [1.82, 2.24) is 0 Å². The molecule has 0 atom stereocenters. The van der Waals surface area contributed by atoms with Gasteiger partial charge in [0, 0.05) is 0 Å². The molecule has 0 spiro atoms. The van der Waals surface area contributed by atoms with Gasteiger partial charge in [0.2, 0.25) is 0 Å². The molecule has 1 aromatic carbocycles. The van der Waals surface area contributed by atoms with E-state index in [1.807, 2.05) is 0 Å². The van der Waals surface area contributed by atoms with E-state index in [9.17, 15) is 13.2 Å². The molecule has 2 rings (SSSR count). The maximum atomic E-state index is 12.5. The molecule has 18 heavy (non-hydrogen) atoms. The fourth-order valence-corrected chi connectivity index (χ4v) is 2.85. The summed E-state index contributed by atoms with van der Waals surface area (Å²) in [6.07, 6.45) is 1.65. The lowest BCUT2D eigenvalue weighted by Gasteiger charge is -2.28. The molecule has 0 aliphatic heterocycles. The van der Waals surface area contributed by atoms with Gasteiger partial charge in [-0.25, -0.2) is 0 Å². The molecule has 0 bridgehead atoms. The quantitative estimate of drug-likeness (QED) is 0.665. The molecule has 1 aliphatic carbocycles. The van der Waals surface area contributed by atoms with Gasteiger partial charge in [-0.15, -0.1) is 0 Å². The average molecular weight is 256 g/mol. The molecule has 0 nitrogen and oxygen atoms in total. The second-order valence-corrected chi connectivity index (χ2v) is 5.25. The van der Waals surface area contributed by atoms with Gasteiger partial charge in [-0.2, -0.15) is 13.2 Å². The van der Waals surface area contributed by atoms with Crippen LogP contribution in [0.4, 0.5) is 13.2 Å². The van der Waals surface area contributed by atoms with Crippen LogP contribution in [0.3, 0.4) is 0 Å². The normalized spacial score (nSPS) is 25.1. The number of alkyl halides is 3. The first kappa shape index (κ1) is 13.4. The number of rotatable bonds is 2. The van der Waals surface area contributed by atoms with E-state index in [2.05, 4.69) is 6.92 Å². The average Bonchev–Trinajstić information content (AvgIpc) is 2.38. The number of hydrogen-bond donors (Lipinski definition) is 0. The molecule has 0 saturated heterocycles. The number of halogens is 3. The summed E-state index contributed by atoms with van der Waals surface area (Å²) in [4.78, 5) is 0. The zero-order valence-corrected chi connectivity index (χ0v) is 10.6. The van der Waals surface area contributed by atoms with Gasteiger partial charge in [0.1, 0.15) is 0 Å². The van der Waals surface area contributed by atoms with Crippen molar-refractivity contribution in [1.29, 1.82) is 0 Å². The Kier molecular flexibility index (Phi) is 3.98. The Morgan fingerprint density at radius 3 is 2.00 bits per heavy atom. The Morgan fingerprint density at radius 1 is 1.00 bits per heavy atom. The third kappa shape index (κ3) is 3.06.